The summed E-state index contributed by atoms with van der Waals surface area (Å²) < 4.78 is 6.04. The molecule has 1 N–H and O–H groups in total. The number of aryl methyl sites for hydroxylation is 1. The molecule has 0 atom stereocenters. The lowest BCUT2D eigenvalue weighted by atomic mass is 10.2. The summed E-state index contributed by atoms with van der Waals surface area (Å²) in [5, 5.41) is 4.26. The third-order valence-corrected chi connectivity index (χ3v) is 2.89. The van der Waals surface area contributed by atoms with Crippen molar-refractivity contribution in [1.82, 2.24) is 14.7 Å². The molecule has 0 saturated carbocycles. The van der Waals surface area contributed by atoms with Gasteiger partial charge in [0.1, 0.15) is 11.5 Å². The van der Waals surface area contributed by atoms with E-state index < -0.39 is 5.69 Å². The third-order valence-electron chi connectivity index (χ3n) is 2.89. The number of benzene rings is 1. The SMILES string of the molecule is Cc1cc(Cn2c(=O)[nH]c3ccccc3c2=O)no1. The molecule has 6 heteroatoms. The van der Waals surface area contributed by atoms with E-state index in [4.69, 9.17) is 4.52 Å². The normalized spacial score (nSPS) is 11.0. The van der Waals surface area contributed by atoms with Gasteiger partial charge < -0.3 is 9.51 Å². The molecule has 0 aliphatic carbocycles. The van der Waals surface area contributed by atoms with Gasteiger partial charge in [-0.05, 0) is 19.1 Å². The number of rotatable bonds is 2. The zero-order valence-corrected chi connectivity index (χ0v) is 10.2. The molecule has 0 unspecified atom stereocenters. The molecule has 0 spiro atoms. The van der Waals surface area contributed by atoms with Crippen LogP contribution in [0.1, 0.15) is 11.5 Å². The van der Waals surface area contributed by atoms with Crippen LogP contribution in [0.4, 0.5) is 0 Å². The molecule has 6 nitrogen and oxygen atoms in total. The van der Waals surface area contributed by atoms with Crippen LogP contribution < -0.4 is 11.2 Å². The Kier molecular flexibility index (Phi) is 2.56. The van der Waals surface area contributed by atoms with Gasteiger partial charge in [0.05, 0.1) is 17.4 Å². The molecule has 96 valence electrons. The number of nitrogens with zero attached hydrogens (tertiary/aromatic N) is 2. The van der Waals surface area contributed by atoms with Crippen LogP contribution in [0.25, 0.3) is 10.9 Å². The van der Waals surface area contributed by atoms with Crippen LogP contribution in [-0.2, 0) is 6.54 Å². The minimum Gasteiger partial charge on any atom is -0.361 e. The Morgan fingerprint density at radius 3 is 2.84 bits per heavy atom. The largest absolute Gasteiger partial charge is 0.361 e. The molecule has 0 aliphatic rings. The summed E-state index contributed by atoms with van der Waals surface area (Å²) in [5.41, 5.74) is 0.287. The van der Waals surface area contributed by atoms with Gasteiger partial charge in [0.25, 0.3) is 5.56 Å². The minimum absolute atomic E-state index is 0.0936. The Hall–Kier alpha value is -2.63. The van der Waals surface area contributed by atoms with Crippen LogP contribution >= 0.6 is 0 Å². The fourth-order valence-electron chi connectivity index (χ4n) is 2.00. The third kappa shape index (κ3) is 1.97. The van der Waals surface area contributed by atoms with E-state index in [-0.39, 0.29) is 12.1 Å². The van der Waals surface area contributed by atoms with Crippen LogP contribution in [0.3, 0.4) is 0 Å². The van der Waals surface area contributed by atoms with E-state index in [0.29, 0.717) is 22.4 Å². The highest BCUT2D eigenvalue weighted by Gasteiger charge is 2.09. The molecule has 2 heterocycles. The van der Waals surface area contributed by atoms with Crippen molar-refractivity contribution in [3.63, 3.8) is 0 Å². The molecular formula is C13H11N3O3. The quantitative estimate of drug-likeness (QED) is 0.743. The number of nitrogens with one attached hydrogen (secondary N) is 1. The number of aromatic nitrogens is 3. The van der Waals surface area contributed by atoms with Gasteiger partial charge in [0, 0.05) is 6.07 Å². The van der Waals surface area contributed by atoms with E-state index in [1.165, 1.54) is 0 Å². The first-order valence-electron chi connectivity index (χ1n) is 5.79. The standard InChI is InChI=1S/C13H11N3O3/c1-8-6-9(15-19-8)7-16-12(17)10-4-2-3-5-11(10)14-13(16)18/h2-6H,7H2,1H3,(H,14,18). The van der Waals surface area contributed by atoms with Crippen LogP contribution in [0.5, 0.6) is 0 Å². The maximum Gasteiger partial charge on any atom is 0.329 e. The highest BCUT2D eigenvalue weighted by molar-refractivity contribution is 5.76. The molecule has 0 saturated heterocycles. The maximum absolute atomic E-state index is 12.2. The molecule has 2 aromatic heterocycles. The predicted octanol–water partition coefficient (Wildman–Crippen LogP) is 1.03. The van der Waals surface area contributed by atoms with Gasteiger partial charge >= 0.3 is 5.69 Å². The number of aromatic amines is 1. The fraction of sp³-hybridized carbons (Fsp3) is 0.154. The van der Waals surface area contributed by atoms with Crippen molar-refractivity contribution >= 4 is 10.9 Å². The number of hydrogen-bond donors (Lipinski definition) is 1. The van der Waals surface area contributed by atoms with Gasteiger partial charge in [0.15, 0.2) is 0 Å². The number of H-pyrrole nitrogens is 1. The van der Waals surface area contributed by atoms with E-state index >= 15 is 0 Å². The Labute approximate surface area is 107 Å². The molecular weight excluding hydrogens is 246 g/mol. The smallest absolute Gasteiger partial charge is 0.329 e. The second kappa shape index (κ2) is 4.24. The topological polar surface area (TPSA) is 80.9 Å². The first-order valence-corrected chi connectivity index (χ1v) is 5.79. The lowest BCUT2D eigenvalue weighted by Gasteiger charge is -2.03. The van der Waals surface area contributed by atoms with Crippen molar-refractivity contribution < 1.29 is 4.52 Å². The van der Waals surface area contributed by atoms with Crippen molar-refractivity contribution in [2.45, 2.75) is 13.5 Å². The summed E-state index contributed by atoms with van der Waals surface area (Å²) in [6.07, 6.45) is 0. The Morgan fingerprint density at radius 1 is 1.32 bits per heavy atom. The molecule has 0 amide bonds. The molecule has 0 aliphatic heterocycles. The molecule has 1 aromatic carbocycles. The van der Waals surface area contributed by atoms with Crippen molar-refractivity contribution in [3.05, 3.63) is 62.6 Å². The van der Waals surface area contributed by atoms with Gasteiger partial charge in [0.2, 0.25) is 0 Å². The van der Waals surface area contributed by atoms with Crippen LogP contribution in [0.15, 0.2) is 44.4 Å². The van der Waals surface area contributed by atoms with Gasteiger partial charge in [-0.2, -0.15) is 0 Å². The zero-order valence-electron chi connectivity index (χ0n) is 10.2. The lowest BCUT2D eigenvalue weighted by Crippen LogP contribution is -2.35. The first-order chi connectivity index (χ1) is 9.15. The van der Waals surface area contributed by atoms with Crippen molar-refractivity contribution in [2.75, 3.05) is 0 Å². The molecule has 0 bridgehead atoms. The van der Waals surface area contributed by atoms with Crippen LogP contribution in [0.2, 0.25) is 0 Å². The summed E-state index contributed by atoms with van der Waals surface area (Å²) in [5.74, 6) is 0.639. The number of para-hydroxylation sites is 1. The average Bonchev–Trinajstić information content (AvgIpc) is 2.80. The summed E-state index contributed by atoms with van der Waals surface area (Å²) in [7, 11) is 0. The predicted molar refractivity (Wildman–Crippen MR) is 69.2 cm³/mol. The van der Waals surface area contributed by atoms with E-state index in [1.807, 2.05) is 0 Å². The van der Waals surface area contributed by atoms with E-state index in [2.05, 4.69) is 10.1 Å². The van der Waals surface area contributed by atoms with E-state index in [1.54, 1.807) is 37.3 Å². The molecule has 3 aromatic rings. The minimum atomic E-state index is -0.454. The van der Waals surface area contributed by atoms with Crippen molar-refractivity contribution in [1.29, 1.82) is 0 Å². The summed E-state index contributed by atoms with van der Waals surface area (Å²) in [4.78, 5) is 26.8. The Morgan fingerprint density at radius 2 is 2.11 bits per heavy atom. The van der Waals surface area contributed by atoms with Gasteiger partial charge in [-0.1, -0.05) is 17.3 Å². The highest BCUT2D eigenvalue weighted by Crippen LogP contribution is 2.05. The van der Waals surface area contributed by atoms with Crippen molar-refractivity contribution in [3.8, 4) is 0 Å². The monoisotopic (exact) mass is 257 g/mol. The lowest BCUT2D eigenvalue weighted by molar-refractivity contribution is 0.388. The second-order valence-corrected chi connectivity index (χ2v) is 4.30. The number of fused-ring (bicyclic) bond motifs is 1. The van der Waals surface area contributed by atoms with Gasteiger partial charge in [-0.3, -0.25) is 9.36 Å². The molecule has 3 rings (SSSR count). The van der Waals surface area contributed by atoms with Crippen molar-refractivity contribution in [2.24, 2.45) is 0 Å². The van der Waals surface area contributed by atoms with Crippen LogP contribution in [0, 0.1) is 6.92 Å². The zero-order chi connectivity index (χ0) is 13.4. The second-order valence-electron chi connectivity index (χ2n) is 4.30. The maximum atomic E-state index is 12.2. The first kappa shape index (κ1) is 11.5. The summed E-state index contributed by atoms with van der Waals surface area (Å²) >= 11 is 0. The molecule has 0 fully saturated rings. The van der Waals surface area contributed by atoms with E-state index in [9.17, 15) is 9.59 Å². The van der Waals surface area contributed by atoms with E-state index in [0.717, 1.165) is 4.57 Å². The summed E-state index contributed by atoms with van der Waals surface area (Å²) in [6, 6.07) is 8.59. The molecule has 0 radical (unpaired) electrons. The molecule has 19 heavy (non-hydrogen) atoms. The Balaban J connectivity index is 2.18. The number of hydrogen-bond acceptors (Lipinski definition) is 4. The average molecular weight is 257 g/mol. The highest BCUT2D eigenvalue weighted by atomic mass is 16.5. The van der Waals surface area contributed by atoms with Gasteiger partial charge in [-0.25, -0.2) is 4.79 Å². The fourth-order valence-corrected chi connectivity index (χ4v) is 2.00. The van der Waals surface area contributed by atoms with Gasteiger partial charge in [-0.15, -0.1) is 0 Å². The summed E-state index contributed by atoms with van der Waals surface area (Å²) in [6.45, 7) is 1.85. The Bertz CT molecular complexity index is 857. The van der Waals surface area contributed by atoms with Crippen LogP contribution in [-0.4, -0.2) is 14.7 Å².